The minimum Gasteiger partial charge on any atom is -0.489 e. The van der Waals surface area contributed by atoms with Crippen molar-refractivity contribution < 1.29 is 9.47 Å². The van der Waals surface area contributed by atoms with Gasteiger partial charge in [-0.15, -0.1) is 0 Å². The number of rotatable bonds is 9. The van der Waals surface area contributed by atoms with Crippen LogP contribution in [0.1, 0.15) is 25.3 Å². The fraction of sp³-hybridized carbons (Fsp3) is 0.450. The molecule has 5 heteroatoms. The summed E-state index contributed by atoms with van der Waals surface area (Å²) in [7, 11) is 0. The Bertz CT molecular complexity index is 596. The smallest absolute Gasteiger partial charge is 0.191 e. The first-order valence-electron chi connectivity index (χ1n) is 8.93. The van der Waals surface area contributed by atoms with E-state index in [1.54, 1.807) is 6.08 Å². The van der Waals surface area contributed by atoms with Crippen LogP contribution >= 0.6 is 0 Å². The zero-order valence-electron chi connectivity index (χ0n) is 15.1. The maximum absolute atomic E-state index is 5.69. The monoisotopic (exact) mass is 343 g/mol. The molecule has 0 unspecified atom stereocenters. The van der Waals surface area contributed by atoms with Gasteiger partial charge >= 0.3 is 0 Å². The normalized spacial score (nSPS) is 14.6. The lowest BCUT2D eigenvalue weighted by molar-refractivity contribution is 0.153. The lowest BCUT2D eigenvalue weighted by Gasteiger charge is -2.15. The summed E-state index contributed by atoms with van der Waals surface area (Å²) in [6, 6.07) is 7.98. The zero-order chi connectivity index (χ0) is 17.7. The first kappa shape index (κ1) is 19.1. The third kappa shape index (κ3) is 7.01. The number of hydrogen-bond donors (Lipinski definition) is 2. The van der Waals surface area contributed by atoms with Crippen molar-refractivity contribution >= 4 is 5.96 Å². The van der Waals surface area contributed by atoms with Gasteiger partial charge in [-0.05, 0) is 25.8 Å². The fourth-order valence-corrected chi connectivity index (χ4v) is 2.56. The highest BCUT2D eigenvalue weighted by molar-refractivity contribution is 5.79. The van der Waals surface area contributed by atoms with Crippen LogP contribution in [-0.2, 0) is 11.3 Å². The third-order valence-corrected chi connectivity index (χ3v) is 3.88. The molecule has 0 saturated carbocycles. The van der Waals surface area contributed by atoms with Crippen LogP contribution in [0.5, 0.6) is 5.75 Å². The van der Waals surface area contributed by atoms with E-state index in [-0.39, 0.29) is 0 Å². The first-order valence-corrected chi connectivity index (χ1v) is 8.93. The van der Waals surface area contributed by atoms with Crippen molar-refractivity contribution in [1.82, 2.24) is 10.6 Å². The van der Waals surface area contributed by atoms with E-state index in [0.29, 0.717) is 13.2 Å². The predicted octanol–water partition coefficient (Wildman–Crippen LogP) is 3.04. The van der Waals surface area contributed by atoms with Crippen molar-refractivity contribution in [2.24, 2.45) is 4.99 Å². The Morgan fingerprint density at radius 1 is 1.36 bits per heavy atom. The Balaban J connectivity index is 1.90. The second kappa shape index (κ2) is 11.3. The SMILES string of the molecule is C=CCOc1ccccc1CN=C(NCC)NCCC1=CCOCC1. The van der Waals surface area contributed by atoms with E-state index in [2.05, 4.69) is 35.2 Å². The quantitative estimate of drug-likeness (QED) is 0.411. The Hall–Kier alpha value is -2.27. The Morgan fingerprint density at radius 3 is 3.00 bits per heavy atom. The van der Waals surface area contributed by atoms with E-state index >= 15 is 0 Å². The summed E-state index contributed by atoms with van der Waals surface area (Å²) >= 11 is 0. The number of nitrogens with zero attached hydrogens (tertiary/aromatic N) is 1. The van der Waals surface area contributed by atoms with Crippen LogP contribution in [0, 0.1) is 0 Å². The number of benzene rings is 1. The van der Waals surface area contributed by atoms with Crippen molar-refractivity contribution in [1.29, 1.82) is 0 Å². The van der Waals surface area contributed by atoms with Crippen molar-refractivity contribution in [2.45, 2.75) is 26.3 Å². The molecule has 5 nitrogen and oxygen atoms in total. The Morgan fingerprint density at radius 2 is 2.24 bits per heavy atom. The van der Waals surface area contributed by atoms with Gasteiger partial charge in [0.25, 0.3) is 0 Å². The Labute approximate surface area is 150 Å². The topological polar surface area (TPSA) is 54.9 Å². The van der Waals surface area contributed by atoms with Crippen LogP contribution in [0.15, 0.2) is 53.6 Å². The van der Waals surface area contributed by atoms with E-state index in [4.69, 9.17) is 9.47 Å². The molecule has 1 aliphatic rings. The number of aliphatic imine (C=N–C) groups is 1. The molecule has 0 saturated heterocycles. The molecule has 0 aromatic heterocycles. The molecule has 1 heterocycles. The lowest BCUT2D eigenvalue weighted by atomic mass is 10.1. The number of nitrogens with one attached hydrogen (secondary N) is 2. The average molecular weight is 343 g/mol. The molecule has 2 rings (SSSR count). The van der Waals surface area contributed by atoms with Crippen LogP contribution in [0.4, 0.5) is 0 Å². The van der Waals surface area contributed by atoms with Gasteiger partial charge in [-0.1, -0.05) is 42.5 Å². The van der Waals surface area contributed by atoms with Crippen molar-refractivity contribution in [3.05, 3.63) is 54.1 Å². The number of guanidine groups is 1. The lowest BCUT2D eigenvalue weighted by Crippen LogP contribution is -2.38. The highest BCUT2D eigenvalue weighted by atomic mass is 16.5. The van der Waals surface area contributed by atoms with Crippen LogP contribution in [-0.4, -0.2) is 38.9 Å². The van der Waals surface area contributed by atoms with Crippen LogP contribution in [0.3, 0.4) is 0 Å². The van der Waals surface area contributed by atoms with E-state index in [9.17, 15) is 0 Å². The van der Waals surface area contributed by atoms with E-state index in [0.717, 1.165) is 56.4 Å². The molecule has 2 N–H and O–H groups in total. The van der Waals surface area contributed by atoms with Gasteiger partial charge in [-0.25, -0.2) is 4.99 Å². The summed E-state index contributed by atoms with van der Waals surface area (Å²) in [6.45, 7) is 10.1. The molecule has 0 aliphatic carbocycles. The van der Waals surface area contributed by atoms with Crippen LogP contribution < -0.4 is 15.4 Å². The number of hydrogen-bond acceptors (Lipinski definition) is 3. The summed E-state index contributed by atoms with van der Waals surface area (Å²) < 4.78 is 11.0. The summed E-state index contributed by atoms with van der Waals surface area (Å²) in [4.78, 5) is 4.68. The third-order valence-electron chi connectivity index (χ3n) is 3.88. The summed E-state index contributed by atoms with van der Waals surface area (Å²) in [5.41, 5.74) is 2.52. The molecule has 0 atom stereocenters. The molecular weight excluding hydrogens is 314 g/mol. The fourth-order valence-electron chi connectivity index (χ4n) is 2.56. The maximum Gasteiger partial charge on any atom is 0.191 e. The molecule has 0 amide bonds. The van der Waals surface area contributed by atoms with E-state index in [1.165, 1.54) is 5.57 Å². The molecule has 0 fully saturated rings. The standard InChI is InChI=1S/C20H29N3O2/c1-3-13-25-19-8-6-5-7-18(19)16-23-20(21-4-2)22-12-9-17-10-14-24-15-11-17/h3,5-8,10H,1,4,9,11-16H2,2H3,(H2,21,22,23). The Kier molecular flexibility index (Phi) is 8.63. The minimum absolute atomic E-state index is 0.498. The molecule has 25 heavy (non-hydrogen) atoms. The summed E-state index contributed by atoms with van der Waals surface area (Å²) in [6.07, 6.45) is 5.98. The van der Waals surface area contributed by atoms with E-state index < -0.39 is 0 Å². The minimum atomic E-state index is 0.498. The second-order valence-electron chi connectivity index (χ2n) is 5.77. The molecule has 0 spiro atoms. The van der Waals surface area contributed by atoms with Crippen molar-refractivity contribution in [3.8, 4) is 5.75 Å². The van der Waals surface area contributed by atoms with Gasteiger partial charge in [-0.2, -0.15) is 0 Å². The molecule has 1 aliphatic heterocycles. The predicted molar refractivity (Wildman–Crippen MR) is 103 cm³/mol. The molecule has 0 radical (unpaired) electrons. The van der Waals surface area contributed by atoms with Gasteiger partial charge in [0.2, 0.25) is 0 Å². The van der Waals surface area contributed by atoms with Gasteiger partial charge in [0, 0.05) is 18.7 Å². The van der Waals surface area contributed by atoms with Gasteiger partial charge < -0.3 is 20.1 Å². The second-order valence-corrected chi connectivity index (χ2v) is 5.77. The largest absolute Gasteiger partial charge is 0.489 e. The number of para-hydroxylation sites is 1. The molecule has 1 aromatic rings. The zero-order valence-corrected chi connectivity index (χ0v) is 15.1. The van der Waals surface area contributed by atoms with Crippen LogP contribution in [0.25, 0.3) is 0 Å². The van der Waals surface area contributed by atoms with Crippen LogP contribution in [0.2, 0.25) is 0 Å². The highest BCUT2D eigenvalue weighted by Gasteiger charge is 2.05. The first-order chi connectivity index (χ1) is 12.3. The molecule has 1 aromatic carbocycles. The number of ether oxygens (including phenoxy) is 2. The molecule has 136 valence electrons. The van der Waals surface area contributed by atoms with Gasteiger partial charge in [0.15, 0.2) is 5.96 Å². The van der Waals surface area contributed by atoms with Gasteiger partial charge in [0.05, 0.1) is 19.8 Å². The molecule has 0 bridgehead atoms. The maximum atomic E-state index is 5.69. The summed E-state index contributed by atoms with van der Waals surface area (Å²) in [5.74, 6) is 1.68. The molecular formula is C20H29N3O2. The highest BCUT2D eigenvalue weighted by Crippen LogP contribution is 2.18. The van der Waals surface area contributed by atoms with Gasteiger partial charge in [0.1, 0.15) is 12.4 Å². The van der Waals surface area contributed by atoms with E-state index in [1.807, 2.05) is 24.3 Å². The average Bonchev–Trinajstić information content (AvgIpc) is 2.66. The van der Waals surface area contributed by atoms with Crippen molar-refractivity contribution in [2.75, 3.05) is 32.9 Å². The van der Waals surface area contributed by atoms with Crippen molar-refractivity contribution in [3.63, 3.8) is 0 Å². The summed E-state index contributed by atoms with van der Waals surface area (Å²) in [5, 5.41) is 6.69. The van der Waals surface area contributed by atoms with Gasteiger partial charge in [-0.3, -0.25) is 0 Å².